The molecule has 0 spiro atoms. The molecule has 5 nitrogen and oxygen atoms in total. The molecular weight excluding hydrogens is 380 g/mol. The van der Waals surface area contributed by atoms with Gasteiger partial charge in [-0.1, -0.05) is 59.8 Å². The first-order valence-electron chi connectivity index (χ1n) is 8.37. The number of rotatable bonds is 7. The standard InChI is InChI=1S/C20H19ClN4OS/c1-3-11-25-19(15-8-6-9-16(21)12-15)23-24-20(25)27-13-18(26)22-17-10-5-4-7-14(17)2/h3-10,12H,1,11,13H2,2H3,(H,22,26). The van der Waals surface area contributed by atoms with Crippen LogP contribution >= 0.6 is 23.4 Å². The summed E-state index contributed by atoms with van der Waals surface area (Å²) >= 11 is 7.42. The van der Waals surface area contributed by atoms with E-state index in [1.54, 1.807) is 6.08 Å². The van der Waals surface area contributed by atoms with E-state index in [9.17, 15) is 4.79 Å². The number of aryl methyl sites for hydroxylation is 1. The monoisotopic (exact) mass is 398 g/mol. The highest BCUT2D eigenvalue weighted by molar-refractivity contribution is 7.99. The van der Waals surface area contributed by atoms with Crippen molar-refractivity contribution in [2.75, 3.05) is 11.1 Å². The van der Waals surface area contributed by atoms with Crippen LogP contribution in [0.5, 0.6) is 0 Å². The molecule has 3 aromatic rings. The molecule has 1 amide bonds. The topological polar surface area (TPSA) is 59.8 Å². The lowest BCUT2D eigenvalue weighted by Gasteiger charge is -2.09. The van der Waals surface area contributed by atoms with Crippen LogP contribution in [-0.2, 0) is 11.3 Å². The normalized spacial score (nSPS) is 10.6. The van der Waals surface area contributed by atoms with Gasteiger partial charge in [0.1, 0.15) is 0 Å². The molecular formula is C20H19ClN4OS. The Labute approximate surface area is 167 Å². The zero-order valence-corrected chi connectivity index (χ0v) is 16.4. The Bertz CT molecular complexity index is 970. The molecule has 0 bridgehead atoms. The first-order valence-corrected chi connectivity index (χ1v) is 9.73. The number of nitrogens with one attached hydrogen (secondary N) is 1. The average molecular weight is 399 g/mol. The van der Waals surface area contributed by atoms with Gasteiger partial charge in [0.05, 0.1) is 5.75 Å². The van der Waals surface area contributed by atoms with Crippen LogP contribution in [0.15, 0.2) is 66.3 Å². The van der Waals surface area contributed by atoms with Crippen LogP contribution in [0, 0.1) is 6.92 Å². The van der Waals surface area contributed by atoms with Crippen molar-refractivity contribution in [3.63, 3.8) is 0 Å². The molecule has 1 aromatic heterocycles. The van der Waals surface area contributed by atoms with E-state index in [4.69, 9.17) is 11.6 Å². The number of hydrogen-bond donors (Lipinski definition) is 1. The van der Waals surface area contributed by atoms with Gasteiger partial charge in [0, 0.05) is 22.8 Å². The van der Waals surface area contributed by atoms with Crippen molar-refractivity contribution >= 4 is 35.0 Å². The zero-order valence-electron chi connectivity index (χ0n) is 14.9. The van der Waals surface area contributed by atoms with Crippen molar-refractivity contribution in [1.29, 1.82) is 0 Å². The molecule has 3 rings (SSSR count). The van der Waals surface area contributed by atoms with Crippen molar-refractivity contribution in [2.45, 2.75) is 18.6 Å². The number of allylic oxidation sites excluding steroid dienone is 1. The van der Waals surface area contributed by atoms with E-state index in [0.717, 1.165) is 16.8 Å². The van der Waals surface area contributed by atoms with Gasteiger partial charge in [0.25, 0.3) is 0 Å². The summed E-state index contributed by atoms with van der Waals surface area (Å²) in [5.41, 5.74) is 2.71. The SMILES string of the molecule is C=CCn1c(SCC(=O)Nc2ccccc2C)nnc1-c1cccc(Cl)c1. The first-order chi connectivity index (χ1) is 13.1. The fourth-order valence-corrected chi connectivity index (χ4v) is 3.50. The second-order valence-electron chi connectivity index (χ2n) is 5.87. The highest BCUT2D eigenvalue weighted by Crippen LogP contribution is 2.26. The van der Waals surface area contributed by atoms with E-state index in [0.29, 0.717) is 22.5 Å². The van der Waals surface area contributed by atoms with E-state index >= 15 is 0 Å². The molecule has 0 fully saturated rings. The number of halogens is 1. The van der Waals surface area contributed by atoms with Crippen LogP contribution in [0.25, 0.3) is 11.4 Å². The largest absolute Gasteiger partial charge is 0.325 e. The van der Waals surface area contributed by atoms with E-state index in [1.807, 2.05) is 60.0 Å². The van der Waals surface area contributed by atoms with Crippen molar-refractivity contribution in [3.05, 3.63) is 71.8 Å². The molecule has 0 saturated carbocycles. The Hall–Kier alpha value is -2.57. The molecule has 138 valence electrons. The summed E-state index contributed by atoms with van der Waals surface area (Å²) in [6, 6.07) is 15.1. The summed E-state index contributed by atoms with van der Waals surface area (Å²) < 4.78 is 1.92. The van der Waals surface area contributed by atoms with Gasteiger partial charge in [-0.25, -0.2) is 0 Å². The first kappa shape index (κ1) is 19.2. The maximum atomic E-state index is 12.3. The Morgan fingerprint density at radius 2 is 2.07 bits per heavy atom. The predicted octanol–water partition coefficient (Wildman–Crippen LogP) is 4.82. The average Bonchev–Trinajstić information content (AvgIpc) is 3.05. The number of carbonyl (C=O) groups is 1. The summed E-state index contributed by atoms with van der Waals surface area (Å²) in [5.74, 6) is 0.838. The van der Waals surface area contributed by atoms with E-state index in [2.05, 4.69) is 22.1 Å². The number of amides is 1. The summed E-state index contributed by atoms with van der Waals surface area (Å²) in [7, 11) is 0. The summed E-state index contributed by atoms with van der Waals surface area (Å²) in [4.78, 5) is 12.3. The molecule has 1 heterocycles. The third-order valence-electron chi connectivity index (χ3n) is 3.86. The third-order valence-corrected chi connectivity index (χ3v) is 5.06. The number of nitrogens with zero attached hydrogens (tertiary/aromatic N) is 3. The maximum Gasteiger partial charge on any atom is 0.234 e. The van der Waals surface area contributed by atoms with Crippen molar-refractivity contribution in [2.24, 2.45) is 0 Å². The second kappa shape index (κ2) is 8.88. The molecule has 0 aliphatic heterocycles. The van der Waals surface area contributed by atoms with Crippen LogP contribution < -0.4 is 5.32 Å². The number of para-hydroxylation sites is 1. The smallest absolute Gasteiger partial charge is 0.234 e. The molecule has 2 aromatic carbocycles. The minimum Gasteiger partial charge on any atom is -0.325 e. The van der Waals surface area contributed by atoms with Crippen LogP contribution in [0.1, 0.15) is 5.56 Å². The molecule has 1 N–H and O–H groups in total. The van der Waals surface area contributed by atoms with Gasteiger partial charge >= 0.3 is 0 Å². The van der Waals surface area contributed by atoms with Gasteiger partial charge in [-0.15, -0.1) is 16.8 Å². The number of aromatic nitrogens is 3. The van der Waals surface area contributed by atoms with E-state index in [1.165, 1.54) is 11.8 Å². The lowest BCUT2D eigenvalue weighted by molar-refractivity contribution is -0.113. The highest BCUT2D eigenvalue weighted by Gasteiger charge is 2.15. The molecule has 0 aliphatic rings. The lowest BCUT2D eigenvalue weighted by atomic mass is 10.2. The van der Waals surface area contributed by atoms with E-state index < -0.39 is 0 Å². The molecule has 27 heavy (non-hydrogen) atoms. The van der Waals surface area contributed by atoms with Gasteiger partial charge in [-0.2, -0.15) is 0 Å². The fraction of sp³-hybridized carbons (Fsp3) is 0.150. The summed E-state index contributed by atoms with van der Waals surface area (Å²) in [6.07, 6.45) is 1.77. The van der Waals surface area contributed by atoms with Crippen LogP contribution in [-0.4, -0.2) is 26.4 Å². The van der Waals surface area contributed by atoms with Gasteiger partial charge in [-0.05, 0) is 30.7 Å². The molecule has 0 unspecified atom stereocenters. The Morgan fingerprint density at radius 3 is 2.81 bits per heavy atom. The summed E-state index contributed by atoms with van der Waals surface area (Å²) in [6.45, 7) is 6.30. The van der Waals surface area contributed by atoms with Crippen LogP contribution in [0.3, 0.4) is 0 Å². The van der Waals surface area contributed by atoms with Crippen molar-refractivity contribution in [3.8, 4) is 11.4 Å². The maximum absolute atomic E-state index is 12.3. The zero-order chi connectivity index (χ0) is 19.2. The minimum atomic E-state index is -0.0910. The Kier molecular flexibility index (Phi) is 6.32. The molecule has 0 radical (unpaired) electrons. The number of thioether (sulfide) groups is 1. The predicted molar refractivity (Wildman–Crippen MR) is 111 cm³/mol. The van der Waals surface area contributed by atoms with Gasteiger partial charge < -0.3 is 5.32 Å². The second-order valence-corrected chi connectivity index (χ2v) is 7.25. The number of carbonyl (C=O) groups excluding carboxylic acids is 1. The Balaban J connectivity index is 1.74. The molecule has 0 atom stereocenters. The van der Waals surface area contributed by atoms with Gasteiger partial charge in [0.2, 0.25) is 5.91 Å². The van der Waals surface area contributed by atoms with Gasteiger partial charge in [0.15, 0.2) is 11.0 Å². The molecule has 7 heteroatoms. The van der Waals surface area contributed by atoms with Crippen molar-refractivity contribution in [1.82, 2.24) is 14.8 Å². The molecule has 0 saturated heterocycles. The minimum absolute atomic E-state index is 0.0910. The van der Waals surface area contributed by atoms with E-state index in [-0.39, 0.29) is 11.7 Å². The van der Waals surface area contributed by atoms with Crippen molar-refractivity contribution < 1.29 is 4.79 Å². The van der Waals surface area contributed by atoms with Gasteiger partial charge in [-0.3, -0.25) is 9.36 Å². The van der Waals surface area contributed by atoms with Crippen LogP contribution in [0.2, 0.25) is 5.02 Å². The fourth-order valence-electron chi connectivity index (χ4n) is 2.56. The summed E-state index contributed by atoms with van der Waals surface area (Å²) in [5, 5.41) is 12.7. The lowest BCUT2D eigenvalue weighted by Crippen LogP contribution is -2.15. The van der Waals surface area contributed by atoms with Crippen LogP contribution in [0.4, 0.5) is 5.69 Å². The number of benzene rings is 2. The Morgan fingerprint density at radius 1 is 1.26 bits per heavy atom. The molecule has 0 aliphatic carbocycles. The quantitative estimate of drug-likeness (QED) is 0.457. The highest BCUT2D eigenvalue weighted by atomic mass is 35.5. The number of anilines is 1. The third kappa shape index (κ3) is 4.78. The number of hydrogen-bond acceptors (Lipinski definition) is 4.